The quantitative estimate of drug-likeness (QED) is 0.776. The van der Waals surface area contributed by atoms with Gasteiger partial charge in [0.2, 0.25) is 10.0 Å². The fourth-order valence-electron chi connectivity index (χ4n) is 2.15. The number of benzene rings is 1. The van der Waals surface area contributed by atoms with Crippen LogP contribution in [0.3, 0.4) is 0 Å². The van der Waals surface area contributed by atoms with Gasteiger partial charge in [-0.05, 0) is 39.2 Å². The van der Waals surface area contributed by atoms with Crippen molar-refractivity contribution in [3.63, 3.8) is 0 Å². The minimum absolute atomic E-state index is 0.233. The topological polar surface area (TPSA) is 40.6 Å². The molecule has 0 saturated carbocycles. The minimum atomic E-state index is -3.83. The van der Waals surface area contributed by atoms with E-state index in [1.807, 2.05) is 25.9 Å². The van der Waals surface area contributed by atoms with Crippen LogP contribution in [0.4, 0.5) is 4.39 Å². The molecule has 0 aliphatic rings. The van der Waals surface area contributed by atoms with Crippen molar-refractivity contribution in [2.24, 2.45) is 0 Å². The maximum Gasteiger partial charge on any atom is 0.246 e. The molecule has 0 heterocycles. The Bertz CT molecular complexity index is 563. The number of rotatable bonds is 6. The molecule has 1 aromatic rings. The molecule has 1 aromatic carbocycles. The van der Waals surface area contributed by atoms with Gasteiger partial charge in [0.25, 0.3) is 0 Å². The number of halogens is 2. The number of hydrogen-bond acceptors (Lipinski definition) is 3. The number of sulfonamides is 1. The molecule has 1 atom stereocenters. The maximum absolute atomic E-state index is 13.9. The fourth-order valence-corrected chi connectivity index (χ4v) is 4.16. The second kappa shape index (κ2) is 6.98. The van der Waals surface area contributed by atoms with Gasteiger partial charge in [-0.2, -0.15) is 4.31 Å². The van der Waals surface area contributed by atoms with Gasteiger partial charge in [-0.25, -0.2) is 12.8 Å². The van der Waals surface area contributed by atoms with Crippen molar-refractivity contribution in [3.8, 4) is 0 Å². The first-order chi connectivity index (χ1) is 9.20. The van der Waals surface area contributed by atoms with Crippen molar-refractivity contribution >= 4 is 26.0 Å². The highest BCUT2D eigenvalue weighted by atomic mass is 79.9. The molecule has 0 bridgehead atoms. The van der Waals surface area contributed by atoms with Crippen LogP contribution in [-0.4, -0.2) is 50.8 Å². The molecule has 0 radical (unpaired) electrons. The van der Waals surface area contributed by atoms with Crippen LogP contribution in [0.15, 0.2) is 27.6 Å². The van der Waals surface area contributed by atoms with E-state index in [2.05, 4.69) is 15.9 Å². The summed E-state index contributed by atoms with van der Waals surface area (Å²) in [5.41, 5.74) is 0. The molecule has 7 heteroatoms. The molecule has 0 amide bonds. The Morgan fingerprint density at radius 1 is 1.35 bits per heavy atom. The average molecular weight is 367 g/mol. The van der Waals surface area contributed by atoms with E-state index in [1.165, 1.54) is 16.4 Å². The van der Waals surface area contributed by atoms with Gasteiger partial charge in [0.15, 0.2) is 0 Å². The molecule has 4 nitrogen and oxygen atoms in total. The third-order valence-corrected chi connectivity index (χ3v) is 5.53. The predicted octanol–water partition coefficient (Wildman–Crippen LogP) is 2.55. The molecule has 0 saturated heterocycles. The maximum atomic E-state index is 13.9. The highest BCUT2D eigenvalue weighted by Crippen LogP contribution is 2.24. The van der Waals surface area contributed by atoms with Gasteiger partial charge < -0.3 is 4.90 Å². The lowest BCUT2D eigenvalue weighted by atomic mass is 10.3. The Morgan fingerprint density at radius 3 is 2.40 bits per heavy atom. The summed E-state index contributed by atoms with van der Waals surface area (Å²) in [6.45, 7) is 4.44. The van der Waals surface area contributed by atoms with Gasteiger partial charge in [-0.1, -0.05) is 22.9 Å². The highest BCUT2D eigenvalue weighted by Gasteiger charge is 2.30. The number of likely N-dealkylation sites (N-methyl/N-ethyl adjacent to an activating group) is 2. The molecule has 1 rings (SSSR count). The lowest BCUT2D eigenvalue weighted by molar-refractivity contribution is 0.271. The van der Waals surface area contributed by atoms with Crippen LogP contribution in [0.2, 0.25) is 0 Å². The van der Waals surface area contributed by atoms with Crippen LogP contribution in [0.1, 0.15) is 13.8 Å². The molecule has 114 valence electrons. The first kappa shape index (κ1) is 17.6. The molecular formula is C13H20BrFN2O2S. The Morgan fingerprint density at radius 2 is 1.95 bits per heavy atom. The third kappa shape index (κ3) is 4.00. The zero-order valence-electron chi connectivity index (χ0n) is 12.1. The Balaban J connectivity index is 3.18. The van der Waals surface area contributed by atoms with E-state index in [1.54, 1.807) is 6.92 Å². The molecule has 0 aromatic heterocycles. The van der Waals surface area contributed by atoms with Crippen molar-refractivity contribution in [1.29, 1.82) is 0 Å². The van der Waals surface area contributed by atoms with Gasteiger partial charge >= 0.3 is 0 Å². The third-order valence-electron chi connectivity index (χ3n) is 2.91. The Kier molecular flexibility index (Phi) is 6.12. The van der Waals surface area contributed by atoms with E-state index in [-0.39, 0.29) is 10.9 Å². The van der Waals surface area contributed by atoms with Gasteiger partial charge in [-0.3, -0.25) is 0 Å². The van der Waals surface area contributed by atoms with E-state index >= 15 is 0 Å². The molecule has 20 heavy (non-hydrogen) atoms. The Hall–Kier alpha value is -0.500. The van der Waals surface area contributed by atoms with Crippen molar-refractivity contribution in [2.45, 2.75) is 24.8 Å². The number of nitrogens with zero attached hydrogens (tertiary/aromatic N) is 2. The van der Waals surface area contributed by atoms with Gasteiger partial charge in [0.05, 0.1) is 0 Å². The van der Waals surface area contributed by atoms with E-state index in [9.17, 15) is 12.8 Å². The SMILES string of the molecule is CCN(C(C)CN(C)C)S(=O)(=O)c1ccc(Br)cc1F. The van der Waals surface area contributed by atoms with Gasteiger partial charge in [0, 0.05) is 23.6 Å². The van der Waals surface area contributed by atoms with Gasteiger partial charge in [-0.15, -0.1) is 0 Å². The monoisotopic (exact) mass is 366 g/mol. The molecule has 0 spiro atoms. The average Bonchev–Trinajstić information content (AvgIpc) is 2.27. The first-order valence-corrected chi connectivity index (χ1v) is 8.55. The summed E-state index contributed by atoms with van der Waals surface area (Å²) in [5.74, 6) is -0.741. The van der Waals surface area contributed by atoms with Crippen LogP contribution in [0.5, 0.6) is 0 Å². The van der Waals surface area contributed by atoms with E-state index in [0.29, 0.717) is 17.6 Å². The summed E-state index contributed by atoms with van der Waals surface area (Å²) in [4.78, 5) is 1.62. The van der Waals surface area contributed by atoms with Gasteiger partial charge in [0.1, 0.15) is 10.7 Å². The van der Waals surface area contributed by atoms with Crippen LogP contribution in [-0.2, 0) is 10.0 Å². The van der Waals surface area contributed by atoms with E-state index < -0.39 is 15.8 Å². The summed E-state index contributed by atoms with van der Waals surface area (Å²) in [7, 11) is -0.0882. The van der Waals surface area contributed by atoms with Crippen LogP contribution >= 0.6 is 15.9 Å². The lowest BCUT2D eigenvalue weighted by Crippen LogP contribution is -2.43. The molecule has 0 N–H and O–H groups in total. The summed E-state index contributed by atoms with van der Waals surface area (Å²) >= 11 is 3.12. The smallest absolute Gasteiger partial charge is 0.246 e. The largest absolute Gasteiger partial charge is 0.308 e. The summed E-state index contributed by atoms with van der Waals surface area (Å²) < 4.78 is 40.9. The van der Waals surface area contributed by atoms with E-state index in [0.717, 1.165) is 6.07 Å². The van der Waals surface area contributed by atoms with Crippen LogP contribution < -0.4 is 0 Å². The van der Waals surface area contributed by atoms with Crippen molar-refractivity contribution < 1.29 is 12.8 Å². The minimum Gasteiger partial charge on any atom is -0.308 e. The second-order valence-electron chi connectivity index (χ2n) is 4.89. The Labute approximate surface area is 128 Å². The fraction of sp³-hybridized carbons (Fsp3) is 0.538. The normalized spacial score (nSPS) is 14.0. The molecule has 0 aliphatic heterocycles. The molecule has 0 fully saturated rings. The second-order valence-corrected chi connectivity index (χ2v) is 7.67. The molecular weight excluding hydrogens is 347 g/mol. The van der Waals surface area contributed by atoms with Crippen molar-refractivity contribution in [3.05, 3.63) is 28.5 Å². The van der Waals surface area contributed by atoms with Crippen LogP contribution in [0.25, 0.3) is 0 Å². The lowest BCUT2D eigenvalue weighted by Gasteiger charge is -2.29. The predicted molar refractivity (Wildman–Crippen MR) is 81.7 cm³/mol. The summed E-state index contributed by atoms with van der Waals surface area (Å²) in [5, 5.41) is 0. The number of hydrogen-bond donors (Lipinski definition) is 0. The van der Waals surface area contributed by atoms with Crippen LogP contribution in [0, 0.1) is 5.82 Å². The van der Waals surface area contributed by atoms with Crippen molar-refractivity contribution in [2.75, 3.05) is 27.2 Å². The first-order valence-electron chi connectivity index (χ1n) is 6.31. The molecule has 0 aliphatic carbocycles. The highest BCUT2D eigenvalue weighted by molar-refractivity contribution is 9.10. The van der Waals surface area contributed by atoms with E-state index in [4.69, 9.17) is 0 Å². The standard InChI is InChI=1S/C13H20BrFN2O2S/c1-5-17(10(2)9-16(3)4)20(18,19)13-7-6-11(14)8-12(13)15/h6-8,10H,5,9H2,1-4H3. The summed E-state index contributed by atoms with van der Waals surface area (Å²) in [6.07, 6.45) is 0. The summed E-state index contributed by atoms with van der Waals surface area (Å²) in [6, 6.07) is 3.75. The molecule has 1 unspecified atom stereocenters. The van der Waals surface area contributed by atoms with Crippen molar-refractivity contribution in [1.82, 2.24) is 9.21 Å². The zero-order chi connectivity index (χ0) is 15.5. The zero-order valence-corrected chi connectivity index (χ0v) is 14.5.